The van der Waals surface area contributed by atoms with Gasteiger partial charge in [-0.3, -0.25) is 4.79 Å². The maximum absolute atomic E-state index is 12.3. The molecule has 0 radical (unpaired) electrons. The summed E-state index contributed by atoms with van der Waals surface area (Å²) in [5.74, 6) is 1.53. The maximum atomic E-state index is 12.3. The Hall–Kier alpha value is -3.07. The normalized spacial score (nSPS) is 13.4. The van der Waals surface area contributed by atoms with Crippen molar-refractivity contribution in [1.82, 2.24) is 25.5 Å². The summed E-state index contributed by atoms with van der Waals surface area (Å²) >= 11 is 1.28. The van der Waals surface area contributed by atoms with Crippen molar-refractivity contribution < 1.29 is 14.3 Å². The highest BCUT2D eigenvalue weighted by Gasteiger charge is 2.17. The van der Waals surface area contributed by atoms with Crippen molar-refractivity contribution in [2.75, 3.05) is 12.5 Å². The van der Waals surface area contributed by atoms with E-state index in [1.807, 2.05) is 55.5 Å². The number of nitrogens with one attached hydrogen (secondary N) is 1. The van der Waals surface area contributed by atoms with Crippen LogP contribution in [-0.4, -0.2) is 38.7 Å². The van der Waals surface area contributed by atoms with Crippen LogP contribution in [0.1, 0.15) is 18.5 Å². The molecular formula is C18H17N5O3S. The first kappa shape index (κ1) is 17.3. The average molecular weight is 383 g/mol. The lowest BCUT2D eigenvalue weighted by atomic mass is 10.1. The molecule has 138 valence electrons. The van der Waals surface area contributed by atoms with E-state index in [0.717, 1.165) is 17.0 Å². The zero-order valence-corrected chi connectivity index (χ0v) is 15.3. The number of amides is 1. The summed E-state index contributed by atoms with van der Waals surface area (Å²) in [6, 6.07) is 15.0. The molecule has 0 fully saturated rings. The van der Waals surface area contributed by atoms with Crippen molar-refractivity contribution in [3.63, 3.8) is 0 Å². The minimum atomic E-state index is -0.155. The molecule has 2 aromatic carbocycles. The molecule has 3 aromatic rings. The van der Waals surface area contributed by atoms with Gasteiger partial charge in [-0.2, -0.15) is 4.68 Å². The molecule has 0 saturated carbocycles. The Morgan fingerprint density at radius 3 is 2.89 bits per heavy atom. The van der Waals surface area contributed by atoms with E-state index < -0.39 is 0 Å². The summed E-state index contributed by atoms with van der Waals surface area (Å²) in [6.45, 7) is 2.15. The van der Waals surface area contributed by atoms with Crippen molar-refractivity contribution in [1.29, 1.82) is 0 Å². The van der Waals surface area contributed by atoms with Crippen LogP contribution in [-0.2, 0) is 4.79 Å². The number of carbonyl (C=O) groups excluding carboxylic acids is 1. The molecule has 1 aliphatic heterocycles. The van der Waals surface area contributed by atoms with Gasteiger partial charge in [-0.05, 0) is 47.2 Å². The van der Waals surface area contributed by atoms with Crippen LogP contribution in [0.25, 0.3) is 5.69 Å². The van der Waals surface area contributed by atoms with E-state index in [1.165, 1.54) is 11.8 Å². The Morgan fingerprint density at radius 2 is 2.04 bits per heavy atom. The van der Waals surface area contributed by atoms with E-state index in [1.54, 1.807) is 4.68 Å². The number of fused-ring (bicyclic) bond motifs is 1. The number of nitrogens with zero attached hydrogens (tertiary/aromatic N) is 4. The average Bonchev–Trinajstić information content (AvgIpc) is 3.35. The van der Waals surface area contributed by atoms with Gasteiger partial charge in [0.25, 0.3) is 0 Å². The van der Waals surface area contributed by atoms with Crippen LogP contribution in [0.5, 0.6) is 11.5 Å². The molecule has 2 heterocycles. The molecule has 4 rings (SSSR count). The number of thioether (sulfide) groups is 1. The largest absolute Gasteiger partial charge is 0.454 e. The summed E-state index contributed by atoms with van der Waals surface area (Å²) in [4.78, 5) is 12.3. The summed E-state index contributed by atoms with van der Waals surface area (Å²) in [5.41, 5.74) is 1.80. The van der Waals surface area contributed by atoms with Gasteiger partial charge in [-0.25, -0.2) is 0 Å². The molecule has 1 amide bonds. The van der Waals surface area contributed by atoms with Gasteiger partial charge in [0.15, 0.2) is 11.5 Å². The Morgan fingerprint density at radius 1 is 1.22 bits per heavy atom. The maximum Gasteiger partial charge on any atom is 0.231 e. The number of hydrogen-bond donors (Lipinski definition) is 1. The van der Waals surface area contributed by atoms with Crippen LogP contribution in [0.4, 0.5) is 0 Å². The predicted octanol–water partition coefficient (Wildman–Crippen LogP) is 2.36. The number of ether oxygens (including phenoxy) is 2. The van der Waals surface area contributed by atoms with E-state index in [4.69, 9.17) is 9.47 Å². The topological polar surface area (TPSA) is 91.2 Å². The van der Waals surface area contributed by atoms with E-state index in [-0.39, 0.29) is 24.5 Å². The molecule has 1 atom stereocenters. The summed E-state index contributed by atoms with van der Waals surface area (Å²) in [7, 11) is 0. The minimum Gasteiger partial charge on any atom is -0.454 e. The molecule has 0 bridgehead atoms. The molecule has 1 N–H and O–H groups in total. The lowest BCUT2D eigenvalue weighted by Gasteiger charge is -2.14. The highest BCUT2D eigenvalue weighted by molar-refractivity contribution is 7.99. The third-order valence-electron chi connectivity index (χ3n) is 4.05. The Kier molecular flexibility index (Phi) is 4.93. The van der Waals surface area contributed by atoms with Crippen molar-refractivity contribution >= 4 is 17.7 Å². The van der Waals surface area contributed by atoms with Crippen LogP contribution in [0, 0.1) is 0 Å². The third-order valence-corrected chi connectivity index (χ3v) is 4.97. The predicted molar refractivity (Wildman–Crippen MR) is 99.0 cm³/mol. The van der Waals surface area contributed by atoms with E-state index >= 15 is 0 Å². The fourth-order valence-electron chi connectivity index (χ4n) is 2.68. The van der Waals surface area contributed by atoms with E-state index in [9.17, 15) is 4.79 Å². The Balaban J connectivity index is 1.36. The van der Waals surface area contributed by atoms with Crippen molar-refractivity contribution in [2.24, 2.45) is 0 Å². The fraction of sp³-hybridized carbons (Fsp3) is 0.222. The standard InChI is InChI=1S/C18H17N5O3S/c1-12(13-7-8-15-16(9-13)26-11-25-15)19-17(24)10-27-18-20-21-22-23(18)14-5-3-2-4-6-14/h2-9,12H,10-11H2,1H3,(H,19,24). The van der Waals surface area contributed by atoms with Crippen molar-refractivity contribution in [3.8, 4) is 17.2 Å². The first-order valence-electron chi connectivity index (χ1n) is 8.36. The quantitative estimate of drug-likeness (QED) is 0.653. The van der Waals surface area contributed by atoms with Crippen molar-refractivity contribution in [3.05, 3.63) is 54.1 Å². The zero-order valence-electron chi connectivity index (χ0n) is 14.5. The summed E-state index contributed by atoms with van der Waals surface area (Å²) in [6.07, 6.45) is 0. The number of aromatic nitrogens is 4. The molecule has 1 unspecified atom stereocenters. The van der Waals surface area contributed by atoms with Gasteiger partial charge in [0.05, 0.1) is 17.5 Å². The molecule has 0 aliphatic carbocycles. The minimum absolute atomic E-state index is 0.104. The van der Waals surface area contributed by atoms with Gasteiger partial charge < -0.3 is 14.8 Å². The Labute approximate surface area is 159 Å². The summed E-state index contributed by atoms with van der Waals surface area (Å²) < 4.78 is 12.3. The van der Waals surface area contributed by atoms with Crippen LogP contribution < -0.4 is 14.8 Å². The summed E-state index contributed by atoms with van der Waals surface area (Å²) in [5, 5.41) is 15.2. The number of tetrazole rings is 1. The number of carbonyl (C=O) groups is 1. The van der Waals surface area contributed by atoms with Gasteiger partial charge in [0.2, 0.25) is 17.9 Å². The van der Waals surface area contributed by atoms with Crippen LogP contribution in [0.3, 0.4) is 0 Å². The second-order valence-corrected chi connectivity index (χ2v) is 6.84. The van der Waals surface area contributed by atoms with Gasteiger partial charge in [0, 0.05) is 0 Å². The highest BCUT2D eigenvalue weighted by atomic mass is 32.2. The number of benzene rings is 2. The lowest BCUT2D eigenvalue weighted by Crippen LogP contribution is -2.28. The van der Waals surface area contributed by atoms with Gasteiger partial charge in [0.1, 0.15) is 0 Å². The highest BCUT2D eigenvalue weighted by Crippen LogP contribution is 2.34. The van der Waals surface area contributed by atoms with Gasteiger partial charge in [-0.1, -0.05) is 36.0 Å². The molecule has 0 saturated heterocycles. The molecule has 27 heavy (non-hydrogen) atoms. The smallest absolute Gasteiger partial charge is 0.231 e. The van der Waals surface area contributed by atoms with Crippen LogP contribution in [0.15, 0.2) is 53.7 Å². The first-order chi connectivity index (χ1) is 13.2. The molecule has 1 aromatic heterocycles. The molecule has 8 nitrogen and oxygen atoms in total. The molecule has 1 aliphatic rings. The molecule has 0 spiro atoms. The monoisotopic (exact) mass is 383 g/mol. The SMILES string of the molecule is CC(NC(=O)CSc1nnnn1-c1ccccc1)c1ccc2c(c1)OCO2. The second kappa shape index (κ2) is 7.67. The second-order valence-electron chi connectivity index (χ2n) is 5.90. The Bertz CT molecular complexity index is 947. The first-order valence-corrected chi connectivity index (χ1v) is 9.35. The van der Waals surface area contributed by atoms with Gasteiger partial charge in [-0.15, -0.1) is 5.10 Å². The van der Waals surface area contributed by atoms with Crippen LogP contribution in [0.2, 0.25) is 0 Å². The van der Waals surface area contributed by atoms with Crippen LogP contribution >= 0.6 is 11.8 Å². The van der Waals surface area contributed by atoms with Crippen molar-refractivity contribution in [2.45, 2.75) is 18.1 Å². The van der Waals surface area contributed by atoms with Gasteiger partial charge >= 0.3 is 0 Å². The lowest BCUT2D eigenvalue weighted by molar-refractivity contribution is -0.119. The number of para-hydroxylation sites is 1. The molecule has 9 heteroatoms. The molecular weight excluding hydrogens is 366 g/mol. The van der Waals surface area contributed by atoms with E-state index in [2.05, 4.69) is 20.8 Å². The number of rotatable bonds is 6. The van der Waals surface area contributed by atoms with E-state index in [0.29, 0.717) is 10.9 Å². The zero-order chi connectivity index (χ0) is 18.6. The fourth-order valence-corrected chi connectivity index (χ4v) is 3.38. The number of hydrogen-bond acceptors (Lipinski definition) is 7. The third kappa shape index (κ3) is 3.87.